The summed E-state index contributed by atoms with van der Waals surface area (Å²) >= 11 is 0. The van der Waals surface area contributed by atoms with E-state index in [1.165, 1.54) is 45.2 Å². The van der Waals surface area contributed by atoms with E-state index < -0.39 is 0 Å². The first-order valence-corrected chi connectivity index (χ1v) is 7.11. The van der Waals surface area contributed by atoms with Crippen molar-refractivity contribution in [2.24, 2.45) is 11.1 Å². The molecule has 1 saturated heterocycles. The van der Waals surface area contributed by atoms with E-state index in [2.05, 4.69) is 18.7 Å². The average Bonchev–Trinajstić information content (AvgIpc) is 2.71. The van der Waals surface area contributed by atoms with E-state index in [1.54, 1.807) is 0 Å². The van der Waals surface area contributed by atoms with E-state index in [-0.39, 0.29) is 0 Å². The second kappa shape index (κ2) is 6.02. The van der Waals surface area contributed by atoms with Crippen LogP contribution in [0.5, 0.6) is 0 Å². The van der Waals surface area contributed by atoms with Crippen molar-refractivity contribution in [3.05, 3.63) is 0 Å². The maximum Gasteiger partial charge on any atom is 0.00412 e. The zero-order valence-electron chi connectivity index (χ0n) is 11.6. The number of rotatable bonds is 1. The van der Waals surface area contributed by atoms with Crippen LogP contribution in [0.15, 0.2) is 0 Å². The van der Waals surface area contributed by atoms with Crippen LogP contribution >= 0.6 is 0 Å². The van der Waals surface area contributed by atoms with Crippen LogP contribution in [-0.2, 0) is 0 Å². The molecule has 2 aliphatic rings. The fourth-order valence-corrected chi connectivity index (χ4v) is 3.07. The highest BCUT2D eigenvalue weighted by molar-refractivity contribution is 4.94. The smallest absolute Gasteiger partial charge is 0.00412 e. The van der Waals surface area contributed by atoms with E-state index in [4.69, 9.17) is 5.73 Å². The Morgan fingerprint density at radius 2 is 1.69 bits per heavy atom. The molecule has 1 heterocycles. The molecule has 1 aliphatic heterocycles. The molecular weight excluding hydrogens is 196 g/mol. The Hall–Kier alpha value is -0.0800. The van der Waals surface area contributed by atoms with Gasteiger partial charge in [-0.15, -0.1) is 0 Å². The summed E-state index contributed by atoms with van der Waals surface area (Å²) < 4.78 is 0. The summed E-state index contributed by atoms with van der Waals surface area (Å²) in [6.07, 6.45) is 6.67. The van der Waals surface area contributed by atoms with Gasteiger partial charge < -0.3 is 10.6 Å². The molecule has 0 unspecified atom stereocenters. The van der Waals surface area contributed by atoms with Crippen molar-refractivity contribution >= 4 is 0 Å². The first kappa shape index (κ1) is 14.0. The highest BCUT2D eigenvalue weighted by Gasteiger charge is 2.40. The molecule has 2 nitrogen and oxygen atoms in total. The van der Waals surface area contributed by atoms with Gasteiger partial charge in [0.1, 0.15) is 0 Å². The minimum atomic E-state index is 0.494. The van der Waals surface area contributed by atoms with Crippen LogP contribution in [0.2, 0.25) is 0 Å². The molecule has 0 radical (unpaired) electrons. The van der Waals surface area contributed by atoms with Gasteiger partial charge in [0.25, 0.3) is 0 Å². The summed E-state index contributed by atoms with van der Waals surface area (Å²) in [5.74, 6) is 0. The SMILES string of the molecule is CC.CC(C)N1CCC2(CCC(N)CC2)C1. The molecule has 0 bridgehead atoms. The maximum atomic E-state index is 5.97. The number of nitrogens with two attached hydrogens (primary N) is 1. The summed E-state index contributed by atoms with van der Waals surface area (Å²) in [5, 5.41) is 0. The van der Waals surface area contributed by atoms with Crippen LogP contribution in [0, 0.1) is 5.41 Å². The summed E-state index contributed by atoms with van der Waals surface area (Å²) in [4.78, 5) is 2.64. The third-order valence-electron chi connectivity index (χ3n) is 4.29. The van der Waals surface area contributed by atoms with Gasteiger partial charge in [0.2, 0.25) is 0 Å². The highest BCUT2D eigenvalue weighted by Crippen LogP contribution is 2.43. The fourth-order valence-electron chi connectivity index (χ4n) is 3.07. The molecule has 2 heteroatoms. The van der Waals surface area contributed by atoms with E-state index in [9.17, 15) is 0 Å². The van der Waals surface area contributed by atoms with Crippen LogP contribution in [0.1, 0.15) is 59.8 Å². The van der Waals surface area contributed by atoms with Crippen molar-refractivity contribution in [2.75, 3.05) is 13.1 Å². The molecule has 0 amide bonds. The Morgan fingerprint density at radius 3 is 2.12 bits per heavy atom. The van der Waals surface area contributed by atoms with E-state index >= 15 is 0 Å². The molecular formula is C14H30N2. The van der Waals surface area contributed by atoms with Crippen molar-refractivity contribution in [2.45, 2.75) is 71.9 Å². The summed E-state index contributed by atoms with van der Waals surface area (Å²) in [7, 11) is 0. The summed E-state index contributed by atoms with van der Waals surface area (Å²) in [6, 6.07) is 1.22. The first-order chi connectivity index (χ1) is 7.61. The quantitative estimate of drug-likeness (QED) is 0.744. The molecule has 0 aromatic carbocycles. The molecule has 1 aliphatic carbocycles. The standard InChI is InChI=1S/C12H24N2.C2H6/c1-10(2)14-8-7-12(9-14)5-3-11(13)4-6-12;1-2/h10-11H,3-9,13H2,1-2H3;1-2H3. The number of hydrogen-bond donors (Lipinski definition) is 1. The van der Waals surface area contributed by atoms with Crippen molar-refractivity contribution in [1.82, 2.24) is 4.90 Å². The molecule has 2 N–H and O–H groups in total. The van der Waals surface area contributed by atoms with Gasteiger partial charge in [-0.25, -0.2) is 0 Å². The minimum Gasteiger partial charge on any atom is -0.328 e. The van der Waals surface area contributed by atoms with Gasteiger partial charge in [-0.1, -0.05) is 13.8 Å². The minimum absolute atomic E-state index is 0.494. The van der Waals surface area contributed by atoms with Crippen LogP contribution in [0.25, 0.3) is 0 Å². The van der Waals surface area contributed by atoms with Gasteiger partial charge in [-0.2, -0.15) is 0 Å². The second-order valence-corrected chi connectivity index (χ2v) is 5.65. The van der Waals surface area contributed by atoms with Crippen LogP contribution < -0.4 is 5.73 Å². The van der Waals surface area contributed by atoms with Crippen LogP contribution in [-0.4, -0.2) is 30.1 Å². The van der Waals surface area contributed by atoms with Gasteiger partial charge in [0.15, 0.2) is 0 Å². The van der Waals surface area contributed by atoms with Crippen molar-refractivity contribution in [3.8, 4) is 0 Å². The molecule has 0 aromatic rings. The van der Waals surface area contributed by atoms with Crippen molar-refractivity contribution in [1.29, 1.82) is 0 Å². The Bertz CT molecular complexity index is 193. The van der Waals surface area contributed by atoms with Gasteiger partial charge in [-0.3, -0.25) is 0 Å². The van der Waals surface area contributed by atoms with Gasteiger partial charge >= 0.3 is 0 Å². The normalized spacial score (nSPS) is 35.2. The van der Waals surface area contributed by atoms with Crippen LogP contribution in [0.4, 0.5) is 0 Å². The third-order valence-corrected chi connectivity index (χ3v) is 4.29. The monoisotopic (exact) mass is 226 g/mol. The molecule has 1 spiro atoms. The molecule has 16 heavy (non-hydrogen) atoms. The molecule has 2 rings (SSSR count). The molecule has 0 aromatic heterocycles. The molecule has 0 atom stereocenters. The summed E-state index contributed by atoms with van der Waals surface area (Å²) in [6.45, 7) is 11.3. The van der Waals surface area contributed by atoms with Gasteiger partial charge in [0.05, 0.1) is 0 Å². The number of nitrogens with zero attached hydrogens (tertiary/aromatic N) is 1. The zero-order chi connectivity index (χ0) is 12.2. The fraction of sp³-hybridized carbons (Fsp3) is 1.00. The lowest BCUT2D eigenvalue weighted by molar-refractivity contribution is 0.162. The van der Waals surface area contributed by atoms with Crippen molar-refractivity contribution < 1.29 is 0 Å². The van der Waals surface area contributed by atoms with E-state index in [0.29, 0.717) is 11.5 Å². The van der Waals surface area contributed by atoms with Crippen molar-refractivity contribution in [3.63, 3.8) is 0 Å². The first-order valence-electron chi connectivity index (χ1n) is 7.11. The Morgan fingerprint density at radius 1 is 1.12 bits per heavy atom. The van der Waals surface area contributed by atoms with Gasteiger partial charge in [0, 0.05) is 18.6 Å². The zero-order valence-corrected chi connectivity index (χ0v) is 11.6. The third kappa shape index (κ3) is 3.21. The highest BCUT2D eigenvalue weighted by atomic mass is 15.2. The van der Waals surface area contributed by atoms with E-state index in [1.807, 2.05) is 13.8 Å². The predicted molar refractivity (Wildman–Crippen MR) is 71.6 cm³/mol. The molecule has 2 fully saturated rings. The Balaban J connectivity index is 0.000000606. The summed E-state index contributed by atoms with van der Waals surface area (Å²) in [5.41, 5.74) is 6.62. The van der Waals surface area contributed by atoms with Gasteiger partial charge in [-0.05, 0) is 57.9 Å². The maximum absolute atomic E-state index is 5.97. The lowest BCUT2D eigenvalue weighted by Gasteiger charge is -2.36. The Labute approximate surface area is 102 Å². The number of likely N-dealkylation sites (tertiary alicyclic amines) is 1. The predicted octanol–water partition coefficient (Wildman–Crippen LogP) is 3.01. The lowest BCUT2D eigenvalue weighted by Crippen LogP contribution is -2.37. The number of hydrogen-bond acceptors (Lipinski definition) is 2. The van der Waals surface area contributed by atoms with E-state index in [0.717, 1.165) is 6.04 Å². The second-order valence-electron chi connectivity index (χ2n) is 5.65. The Kier molecular flexibility index (Phi) is 5.26. The molecule has 96 valence electrons. The molecule has 1 saturated carbocycles. The average molecular weight is 226 g/mol. The van der Waals surface area contributed by atoms with Crippen LogP contribution in [0.3, 0.4) is 0 Å². The topological polar surface area (TPSA) is 29.3 Å². The lowest BCUT2D eigenvalue weighted by atomic mass is 9.72. The largest absolute Gasteiger partial charge is 0.328 e.